The Hall–Kier alpha value is -3.37. The molecule has 162 valence electrons. The number of nitrogens with one attached hydrogen (secondary N) is 3. The number of amides is 1. The third-order valence-corrected chi connectivity index (χ3v) is 7.06. The molecule has 0 saturated carbocycles. The van der Waals surface area contributed by atoms with Crippen LogP contribution in [0.4, 0.5) is 5.82 Å². The Kier molecular flexibility index (Phi) is 5.42. The van der Waals surface area contributed by atoms with E-state index in [1.54, 1.807) is 36.4 Å². The number of benzene rings is 2. The Labute approximate surface area is 179 Å². The molecule has 1 aliphatic rings. The second kappa shape index (κ2) is 8.05. The molecule has 4 rings (SSSR count). The zero-order chi connectivity index (χ0) is 22.2. The van der Waals surface area contributed by atoms with Gasteiger partial charge < -0.3 is 14.8 Å². The third kappa shape index (κ3) is 3.64. The molecule has 0 radical (unpaired) electrons. The standard InChI is InChI=1S/C21H22N4O5S/c1-12-6-4-7-13(10-12)31(27,28)21-17-14(11-22-21)24-25-19(17)23-20(26)18-15(29-2)8-5-9-16(18)30-3/h4-10,21-22H,11H2,1-3H3,(H2,23,24,25,26). The van der Waals surface area contributed by atoms with Gasteiger partial charge in [0, 0.05) is 6.54 Å². The lowest BCUT2D eigenvalue weighted by atomic mass is 10.1. The average Bonchev–Trinajstić information content (AvgIpc) is 3.36. The Morgan fingerprint density at radius 3 is 2.45 bits per heavy atom. The number of nitrogens with zero attached hydrogens (tertiary/aromatic N) is 1. The van der Waals surface area contributed by atoms with Crippen LogP contribution in [0.2, 0.25) is 0 Å². The van der Waals surface area contributed by atoms with Crippen LogP contribution in [0.25, 0.3) is 0 Å². The van der Waals surface area contributed by atoms with Gasteiger partial charge in [-0.1, -0.05) is 18.2 Å². The van der Waals surface area contributed by atoms with Crippen molar-refractivity contribution in [3.63, 3.8) is 0 Å². The highest BCUT2D eigenvalue weighted by Gasteiger charge is 2.39. The monoisotopic (exact) mass is 442 g/mol. The lowest BCUT2D eigenvalue weighted by Gasteiger charge is -2.16. The molecule has 3 N–H and O–H groups in total. The number of anilines is 1. The molecule has 31 heavy (non-hydrogen) atoms. The van der Waals surface area contributed by atoms with Gasteiger partial charge in [0.1, 0.15) is 22.4 Å². The predicted molar refractivity (Wildman–Crippen MR) is 114 cm³/mol. The molecule has 0 aliphatic carbocycles. The zero-order valence-corrected chi connectivity index (χ0v) is 18.0. The number of carbonyl (C=O) groups is 1. The van der Waals surface area contributed by atoms with E-state index in [1.807, 2.05) is 13.0 Å². The molecule has 9 nitrogen and oxygen atoms in total. The number of methoxy groups -OCH3 is 2. The van der Waals surface area contributed by atoms with Crippen LogP contribution in [-0.2, 0) is 16.4 Å². The first kappa shape index (κ1) is 20.9. The highest BCUT2D eigenvalue weighted by molar-refractivity contribution is 7.91. The molecule has 0 saturated heterocycles. The summed E-state index contributed by atoms with van der Waals surface area (Å²) >= 11 is 0. The number of fused-ring (bicyclic) bond motifs is 1. The summed E-state index contributed by atoms with van der Waals surface area (Å²) < 4.78 is 37.2. The van der Waals surface area contributed by atoms with E-state index in [4.69, 9.17) is 9.47 Å². The van der Waals surface area contributed by atoms with Crippen LogP contribution in [0.15, 0.2) is 47.4 Å². The molecule has 1 unspecified atom stereocenters. The Bertz CT molecular complexity index is 1230. The maximum Gasteiger partial charge on any atom is 0.264 e. The Balaban J connectivity index is 1.70. The molecule has 3 aromatic rings. The normalized spacial score (nSPS) is 15.4. The molecule has 0 spiro atoms. The second-order valence-electron chi connectivity index (χ2n) is 7.08. The highest BCUT2D eigenvalue weighted by Crippen LogP contribution is 2.38. The van der Waals surface area contributed by atoms with Gasteiger partial charge in [-0.3, -0.25) is 15.2 Å². The van der Waals surface area contributed by atoms with E-state index in [0.29, 0.717) is 22.8 Å². The maximum atomic E-state index is 13.3. The van der Waals surface area contributed by atoms with Crippen molar-refractivity contribution in [3.05, 3.63) is 64.8 Å². The smallest absolute Gasteiger partial charge is 0.264 e. The van der Waals surface area contributed by atoms with Gasteiger partial charge >= 0.3 is 0 Å². The summed E-state index contributed by atoms with van der Waals surface area (Å²) in [6, 6.07) is 11.7. The molecule has 1 aromatic heterocycles. The van der Waals surface area contributed by atoms with Crippen LogP contribution in [-0.4, -0.2) is 38.7 Å². The van der Waals surface area contributed by atoms with Crippen LogP contribution in [0.5, 0.6) is 11.5 Å². The fraction of sp³-hybridized carbons (Fsp3) is 0.238. The van der Waals surface area contributed by atoms with Crippen molar-refractivity contribution in [2.24, 2.45) is 0 Å². The molecule has 1 atom stereocenters. The Morgan fingerprint density at radius 2 is 1.81 bits per heavy atom. The van der Waals surface area contributed by atoms with E-state index in [1.165, 1.54) is 14.2 Å². The topological polar surface area (TPSA) is 122 Å². The molecular weight excluding hydrogens is 420 g/mol. The first-order chi connectivity index (χ1) is 14.9. The summed E-state index contributed by atoms with van der Waals surface area (Å²) in [7, 11) is -0.864. The Morgan fingerprint density at radius 1 is 1.13 bits per heavy atom. The van der Waals surface area contributed by atoms with E-state index < -0.39 is 21.1 Å². The summed E-state index contributed by atoms with van der Waals surface area (Å²) in [6.45, 7) is 2.11. The first-order valence-electron chi connectivity index (χ1n) is 9.50. The fourth-order valence-corrected chi connectivity index (χ4v) is 5.39. The van der Waals surface area contributed by atoms with Crippen molar-refractivity contribution in [2.75, 3.05) is 19.5 Å². The minimum Gasteiger partial charge on any atom is -0.496 e. The number of ether oxygens (including phenoxy) is 2. The van der Waals surface area contributed by atoms with Crippen molar-refractivity contribution in [1.82, 2.24) is 15.5 Å². The molecule has 1 amide bonds. The van der Waals surface area contributed by atoms with Gasteiger partial charge in [-0.05, 0) is 36.8 Å². The van der Waals surface area contributed by atoms with Gasteiger partial charge in [0.2, 0.25) is 0 Å². The van der Waals surface area contributed by atoms with E-state index in [9.17, 15) is 13.2 Å². The van der Waals surface area contributed by atoms with Crippen molar-refractivity contribution in [2.45, 2.75) is 23.7 Å². The van der Waals surface area contributed by atoms with Gasteiger partial charge in [-0.15, -0.1) is 0 Å². The van der Waals surface area contributed by atoms with E-state index in [-0.39, 0.29) is 22.8 Å². The number of hydrogen-bond acceptors (Lipinski definition) is 7. The number of carbonyl (C=O) groups excluding carboxylic acids is 1. The molecule has 0 bridgehead atoms. The van der Waals surface area contributed by atoms with Crippen molar-refractivity contribution < 1.29 is 22.7 Å². The molecular formula is C21H22N4O5S. The molecule has 1 aliphatic heterocycles. The lowest BCUT2D eigenvalue weighted by Crippen LogP contribution is -2.24. The number of aromatic nitrogens is 2. The SMILES string of the molecule is COc1cccc(OC)c1C(=O)Nc1n[nH]c2c1C(S(=O)(=O)c1cccc(C)c1)NC2. The third-order valence-electron chi connectivity index (χ3n) is 5.12. The summed E-state index contributed by atoms with van der Waals surface area (Å²) in [4.78, 5) is 13.2. The number of aryl methyl sites for hydroxylation is 1. The molecule has 2 aromatic carbocycles. The number of sulfone groups is 1. The number of H-pyrrole nitrogens is 1. The number of hydrogen-bond donors (Lipinski definition) is 3. The molecule has 0 fully saturated rings. The lowest BCUT2D eigenvalue weighted by molar-refractivity contribution is 0.102. The van der Waals surface area contributed by atoms with Gasteiger partial charge in [-0.2, -0.15) is 5.10 Å². The highest BCUT2D eigenvalue weighted by atomic mass is 32.2. The van der Waals surface area contributed by atoms with E-state index >= 15 is 0 Å². The van der Waals surface area contributed by atoms with E-state index in [2.05, 4.69) is 20.8 Å². The van der Waals surface area contributed by atoms with Gasteiger partial charge in [-0.25, -0.2) is 8.42 Å². The largest absolute Gasteiger partial charge is 0.496 e. The second-order valence-corrected chi connectivity index (χ2v) is 9.11. The van der Waals surface area contributed by atoms with Crippen LogP contribution in [0.1, 0.15) is 32.6 Å². The van der Waals surface area contributed by atoms with Crippen LogP contribution in [0, 0.1) is 6.92 Å². The minimum absolute atomic E-state index is 0.138. The number of aromatic amines is 1. The minimum atomic E-state index is -3.76. The van der Waals surface area contributed by atoms with E-state index in [0.717, 1.165) is 5.56 Å². The van der Waals surface area contributed by atoms with Crippen LogP contribution >= 0.6 is 0 Å². The number of rotatable bonds is 6. The molecule has 2 heterocycles. The van der Waals surface area contributed by atoms with Crippen molar-refractivity contribution >= 4 is 21.6 Å². The summed E-state index contributed by atoms with van der Waals surface area (Å²) in [6.07, 6.45) is 0. The first-order valence-corrected chi connectivity index (χ1v) is 11.0. The van der Waals surface area contributed by atoms with Gasteiger partial charge in [0.25, 0.3) is 5.91 Å². The zero-order valence-electron chi connectivity index (χ0n) is 17.2. The van der Waals surface area contributed by atoms with Crippen LogP contribution in [0.3, 0.4) is 0 Å². The maximum absolute atomic E-state index is 13.3. The van der Waals surface area contributed by atoms with Crippen LogP contribution < -0.4 is 20.1 Å². The summed E-state index contributed by atoms with van der Waals surface area (Å²) in [5.41, 5.74) is 2.02. The van der Waals surface area contributed by atoms with Gasteiger partial charge in [0.05, 0.1) is 30.4 Å². The van der Waals surface area contributed by atoms with Gasteiger partial charge in [0.15, 0.2) is 15.7 Å². The summed E-state index contributed by atoms with van der Waals surface area (Å²) in [5.74, 6) is 0.263. The quantitative estimate of drug-likeness (QED) is 0.536. The fourth-order valence-electron chi connectivity index (χ4n) is 3.63. The average molecular weight is 442 g/mol. The van der Waals surface area contributed by atoms with Crippen molar-refractivity contribution in [1.29, 1.82) is 0 Å². The summed E-state index contributed by atoms with van der Waals surface area (Å²) in [5, 5.41) is 11.6. The predicted octanol–water partition coefficient (Wildman–Crippen LogP) is 2.56. The van der Waals surface area contributed by atoms with Crippen molar-refractivity contribution in [3.8, 4) is 11.5 Å². The molecule has 10 heteroatoms.